The van der Waals surface area contributed by atoms with E-state index in [-0.39, 0.29) is 0 Å². The fraction of sp³-hybridized carbons (Fsp3) is 1.00. The van der Waals surface area contributed by atoms with Crippen LogP contribution < -0.4 is 0 Å². The molecule has 0 amide bonds. The van der Waals surface area contributed by atoms with E-state index in [1.807, 2.05) is 0 Å². The molecule has 0 bridgehead atoms. The van der Waals surface area contributed by atoms with Crippen molar-refractivity contribution in [1.82, 2.24) is 0 Å². The van der Waals surface area contributed by atoms with E-state index < -0.39 is 43.8 Å². The Morgan fingerprint density at radius 2 is 2.12 bits per heavy atom. The average Bonchev–Trinajstić information content (AvgIpc) is 2.29. The molecule has 1 heterocycles. The van der Waals surface area contributed by atoms with Gasteiger partial charge in [-0.25, -0.2) is 8.78 Å². The van der Waals surface area contributed by atoms with Gasteiger partial charge in [0.05, 0.1) is 12.1 Å². The lowest BCUT2D eigenvalue weighted by atomic mass is 9.83. The standard InChI is InChI=1S/C7H14BF2O5P/c1-7(10)5(11)3(15-6(7)8)2-4(9)16(12,13)14/h3-6,11H,2,8H2,1H3,(H2,12,13,14)/t3-,4?,5?,6-,7?/m1/s1. The molecule has 1 aliphatic rings. The molecule has 1 saturated heterocycles. The topological polar surface area (TPSA) is 87.0 Å². The molecule has 1 rings (SSSR count). The second-order valence-electron chi connectivity index (χ2n) is 4.17. The minimum Gasteiger partial charge on any atom is -0.387 e. The van der Waals surface area contributed by atoms with Crippen LogP contribution in [-0.4, -0.2) is 52.5 Å². The zero-order chi connectivity index (χ0) is 12.7. The smallest absolute Gasteiger partial charge is 0.359 e. The number of hydrogen-bond acceptors (Lipinski definition) is 3. The SMILES string of the molecule is B[C@@H]1O[C@H](CC(F)P(=O)(O)O)C(O)C1(C)F. The van der Waals surface area contributed by atoms with Crippen LogP contribution in [-0.2, 0) is 9.30 Å². The molecule has 1 aliphatic heterocycles. The normalized spacial score (nSPS) is 42.2. The third kappa shape index (κ3) is 2.63. The minimum absolute atomic E-state index is 0.727. The van der Waals surface area contributed by atoms with Gasteiger partial charge in [0.15, 0.2) is 5.67 Å². The third-order valence-electron chi connectivity index (χ3n) is 2.90. The summed E-state index contributed by atoms with van der Waals surface area (Å²) >= 11 is 0. The van der Waals surface area contributed by atoms with Gasteiger partial charge in [-0.3, -0.25) is 4.57 Å². The summed E-state index contributed by atoms with van der Waals surface area (Å²) in [5.74, 6) is -2.45. The van der Waals surface area contributed by atoms with Crippen LogP contribution in [0.5, 0.6) is 0 Å². The van der Waals surface area contributed by atoms with Gasteiger partial charge >= 0.3 is 7.60 Å². The van der Waals surface area contributed by atoms with E-state index in [0.717, 1.165) is 6.92 Å². The van der Waals surface area contributed by atoms with Crippen molar-refractivity contribution in [2.75, 3.05) is 0 Å². The maximum absolute atomic E-state index is 13.7. The van der Waals surface area contributed by atoms with Crippen LogP contribution in [0, 0.1) is 0 Å². The van der Waals surface area contributed by atoms with Crippen molar-refractivity contribution in [3.63, 3.8) is 0 Å². The summed E-state index contributed by atoms with van der Waals surface area (Å²) in [6.45, 7) is 1.10. The lowest BCUT2D eigenvalue weighted by Gasteiger charge is -2.22. The molecule has 0 aromatic carbocycles. The van der Waals surface area contributed by atoms with E-state index in [1.165, 1.54) is 7.85 Å². The Hall–Kier alpha value is -0.00506. The Labute approximate surface area is 92.4 Å². The van der Waals surface area contributed by atoms with Gasteiger partial charge in [0.25, 0.3) is 0 Å². The molecule has 9 heteroatoms. The van der Waals surface area contributed by atoms with Crippen LogP contribution in [0.15, 0.2) is 0 Å². The molecule has 16 heavy (non-hydrogen) atoms. The Bertz CT molecular complexity index is 309. The number of aliphatic hydroxyl groups is 1. The Balaban J connectivity index is 2.69. The number of alkyl halides is 2. The van der Waals surface area contributed by atoms with Crippen molar-refractivity contribution in [3.05, 3.63) is 0 Å². The van der Waals surface area contributed by atoms with Gasteiger partial charge in [-0.15, -0.1) is 0 Å². The summed E-state index contributed by atoms with van der Waals surface area (Å²) < 4.78 is 42.2. The number of aliphatic hydroxyl groups excluding tert-OH is 1. The molecule has 5 nitrogen and oxygen atoms in total. The highest BCUT2D eigenvalue weighted by molar-refractivity contribution is 7.52. The number of hydrogen-bond donors (Lipinski definition) is 3. The molecule has 0 saturated carbocycles. The van der Waals surface area contributed by atoms with Gasteiger partial charge in [-0.2, -0.15) is 0 Å². The van der Waals surface area contributed by atoms with Crippen LogP contribution in [0.3, 0.4) is 0 Å². The zero-order valence-electron chi connectivity index (χ0n) is 8.88. The number of rotatable bonds is 3. The summed E-state index contributed by atoms with van der Waals surface area (Å²) in [6.07, 6.45) is -3.56. The Morgan fingerprint density at radius 1 is 1.62 bits per heavy atom. The van der Waals surface area contributed by atoms with Crippen LogP contribution in [0.25, 0.3) is 0 Å². The second kappa shape index (κ2) is 4.35. The molecule has 3 N–H and O–H groups in total. The lowest BCUT2D eigenvalue weighted by molar-refractivity contribution is 0.00636. The van der Waals surface area contributed by atoms with Crippen molar-refractivity contribution in [3.8, 4) is 0 Å². The van der Waals surface area contributed by atoms with Crippen LogP contribution in [0.4, 0.5) is 8.78 Å². The van der Waals surface area contributed by atoms with Crippen molar-refractivity contribution in [1.29, 1.82) is 0 Å². The van der Waals surface area contributed by atoms with Crippen molar-refractivity contribution < 1.29 is 33.0 Å². The Kier molecular flexibility index (Phi) is 3.82. The first-order valence-corrected chi connectivity index (χ1v) is 6.46. The van der Waals surface area contributed by atoms with Crippen molar-refractivity contribution in [2.24, 2.45) is 0 Å². The first-order valence-electron chi connectivity index (χ1n) is 4.78. The maximum atomic E-state index is 13.7. The monoisotopic (exact) mass is 258 g/mol. The summed E-state index contributed by atoms with van der Waals surface area (Å²) in [5.41, 5.74) is -2.04. The van der Waals surface area contributed by atoms with E-state index >= 15 is 0 Å². The average molecular weight is 258 g/mol. The fourth-order valence-corrected chi connectivity index (χ4v) is 2.07. The van der Waals surface area contributed by atoms with E-state index in [4.69, 9.17) is 14.5 Å². The van der Waals surface area contributed by atoms with Crippen LogP contribution in [0.2, 0.25) is 0 Å². The first-order chi connectivity index (χ1) is 7.06. The highest BCUT2D eigenvalue weighted by Gasteiger charge is 2.52. The number of halogens is 2. The molecule has 0 aromatic heterocycles. The minimum atomic E-state index is -4.88. The summed E-state index contributed by atoms with van der Waals surface area (Å²) in [4.78, 5) is 17.1. The zero-order valence-corrected chi connectivity index (χ0v) is 9.77. The van der Waals surface area contributed by atoms with E-state index in [1.54, 1.807) is 0 Å². The fourth-order valence-electron chi connectivity index (χ4n) is 1.59. The molecule has 3 unspecified atom stereocenters. The highest BCUT2D eigenvalue weighted by Crippen LogP contribution is 2.46. The predicted molar refractivity (Wildman–Crippen MR) is 54.3 cm³/mol. The first kappa shape index (κ1) is 14.1. The van der Waals surface area contributed by atoms with Crippen molar-refractivity contribution in [2.45, 2.75) is 43.1 Å². The molecule has 0 aliphatic carbocycles. The number of ether oxygens (including phenoxy) is 1. The highest BCUT2D eigenvalue weighted by atomic mass is 31.2. The molecule has 0 radical (unpaired) electrons. The largest absolute Gasteiger partial charge is 0.387 e. The van der Waals surface area contributed by atoms with Gasteiger partial charge < -0.3 is 19.6 Å². The van der Waals surface area contributed by atoms with E-state index in [0.29, 0.717) is 0 Å². The van der Waals surface area contributed by atoms with Gasteiger partial charge in [-0.1, -0.05) is 0 Å². The lowest BCUT2D eigenvalue weighted by Crippen LogP contribution is -2.41. The van der Waals surface area contributed by atoms with Crippen LogP contribution in [0.1, 0.15) is 13.3 Å². The molecular formula is C7H14BF2O5P. The quantitative estimate of drug-likeness (QED) is 0.460. The molecule has 5 atom stereocenters. The van der Waals surface area contributed by atoms with Crippen molar-refractivity contribution >= 4 is 15.4 Å². The van der Waals surface area contributed by atoms with Crippen LogP contribution >= 0.6 is 7.60 Å². The maximum Gasteiger partial charge on any atom is 0.359 e. The Morgan fingerprint density at radius 3 is 2.44 bits per heavy atom. The summed E-state index contributed by atoms with van der Waals surface area (Å²) in [5, 5.41) is 9.48. The third-order valence-corrected chi connectivity index (χ3v) is 3.84. The molecule has 0 aromatic rings. The predicted octanol–water partition coefficient (Wildman–Crippen LogP) is -0.703. The molecule has 0 spiro atoms. The molecule has 1 fully saturated rings. The van der Waals surface area contributed by atoms with E-state index in [2.05, 4.69) is 0 Å². The molecule has 94 valence electrons. The van der Waals surface area contributed by atoms with Gasteiger partial charge in [0.1, 0.15) is 14.0 Å². The van der Waals surface area contributed by atoms with E-state index in [9.17, 15) is 18.5 Å². The summed E-state index contributed by atoms with van der Waals surface area (Å²) in [6, 6.07) is -0.948. The van der Waals surface area contributed by atoms with Gasteiger partial charge in [0, 0.05) is 6.42 Å². The molecular weight excluding hydrogens is 244 g/mol. The van der Waals surface area contributed by atoms with Gasteiger partial charge in [-0.05, 0) is 6.92 Å². The summed E-state index contributed by atoms with van der Waals surface area (Å²) in [7, 11) is -3.51. The second-order valence-corrected chi connectivity index (χ2v) is 5.91. The van der Waals surface area contributed by atoms with Gasteiger partial charge in [0.2, 0.25) is 5.91 Å².